The molecule has 0 aliphatic carbocycles. The first-order chi connectivity index (χ1) is 9.32. The van der Waals surface area contributed by atoms with E-state index in [1.165, 1.54) is 0 Å². The van der Waals surface area contributed by atoms with E-state index in [1.54, 1.807) is 0 Å². The van der Waals surface area contributed by atoms with Crippen LogP contribution >= 0.6 is 0 Å². The van der Waals surface area contributed by atoms with E-state index in [1.807, 2.05) is 30.3 Å². The fourth-order valence-electron chi connectivity index (χ4n) is 1.17. The lowest BCUT2D eigenvalue weighted by atomic mass is 10.1. The summed E-state index contributed by atoms with van der Waals surface area (Å²) < 4.78 is 0. The summed E-state index contributed by atoms with van der Waals surface area (Å²) in [6.45, 7) is 0. The molecule has 0 fully saturated rings. The van der Waals surface area contributed by atoms with Crippen molar-refractivity contribution in [1.29, 1.82) is 0 Å². The van der Waals surface area contributed by atoms with Gasteiger partial charge >= 0.3 is 17.9 Å². The highest BCUT2D eigenvalue weighted by molar-refractivity contribution is 5.75. The minimum atomic E-state index is -1.08. The standard InChI is InChI=1S/C9H11NO2.C4H6O4/c10-8(9(11)12)6-7-4-2-1-3-5-7;5-3(6)1-2-4(7)8/h1-5,8H,6,10H2,(H,11,12);1-2H2,(H,5,6)(H,7,8). The van der Waals surface area contributed by atoms with Gasteiger partial charge in [-0.1, -0.05) is 30.3 Å². The van der Waals surface area contributed by atoms with Crippen LogP contribution in [0.3, 0.4) is 0 Å². The van der Waals surface area contributed by atoms with Crippen molar-refractivity contribution in [3.63, 3.8) is 0 Å². The molecule has 0 saturated carbocycles. The summed E-state index contributed by atoms with van der Waals surface area (Å²) in [4.78, 5) is 29.7. The predicted octanol–water partition coefficient (Wildman–Crippen LogP) is 0.577. The van der Waals surface area contributed by atoms with Crippen molar-refractivity contribution < 1.29 is 29.7 Å². The molecule has 1 aromatic carbocycles. The van der Waals surface area contributed by atoms with E-state index in [-0.39, 0.29) is 12.8 Å². The summed E-state index contributed by atoms with van der Waals surface area (Å²) in [5.41, 5.74) is 6.30. The molecule has 0 aliphatic heterocycles. The van der Waals surface area contributed by atoms with Gasteiger partial charge in [-0.15, -0.1) is 0 Å². The molecule has 0 saturated heterocycles. The molecule has 0 aromatic heterocycles. The van der Waals surface area contributed by atoms with Crippen LogP contribution in [-0.2, 0) is 20.8 Å². The highest BCUT2D eigenvalue weighted by Crippen LogP contribution is 2.01. The molecule has 7 heteroatoms. The van der Waals surface area contributed by atoms with Gasteiger partial charge in [0.1, 0.15) is 6.04 Å². The van der Waals surface area contributed by atoms with Gasteiger partial charge in [0.25, 0.3) is 0 Å². The average Bonchev–Trinajstić information content (AvgIpc) is 2.38. The topological polar surface area (TPSA) is 138 Å². The fraction of sp³-hybridized carbons (Fsp3) is 0.308. The van der Waals surface area contributed by atoms with Gasteiger partial charge in [-0.3, -0.25) is 14.4 Å². The van der Waals surface area contributed by atoms with Crippen molar-refractivity contribution in [3.8, 4) is 0 Å². The zero-order valence-electron chi connectivity index (χ0n) is 10.7. The molecule has 7 nitrogen and oxygen atoms in total. The largest absolute Gasteiger partial charge is 0.481 e. The normalized spacial score (nSPS) is 10.8. The van der Waals surface area contributed by atoms with E-state index in [0.717, 1.165) is 5.56 Å². The number of rotatable bonds is 6. The molecule has 1 rings (SSSR count). The number of nitrogens with two attached hydrogens (primary N) is 1. The number of carboxylic acids is 3. The highest BCUT2D eigenvalue weighted by Gasteiger charge is 2.10. The predicted molar refractivity (Wildman–Crippen MR) is 70.3 cm³/mol. The third kappa shape index (κ3) is 9.60. The molecule has 110 valence electrons. The maximum absolute atomic E-state index is 10.4. The van der Waals surface area contributed by atoms with Gasteiger partial charge in [-0.25, -0.2) is 0 Å². The van der Waals surface area contributed by atoms with E-state index in [9.17, 15) is 14.4 Å². The van der Waals surface area contributed by atoms with Gasteiger partial charge in [0.15, 0.2) is 0 Å². The lowest BCUT2D eigenvalue weighted by Gasteiger charge is -2.04. The van der Waals surface area contributed by atoms with Gasteiger partial charge in [0, 0.05) is 0 Å². The molecule has 5 N–H and O–H groups in total. The van der Waals surface area contributed by atoms with Gasteiger partial charge < -0.3 is 21.1 Å². The lowest BCUT2D eigenvalue weighted by molar-refractivity contribution is -0.143. The minimum Gasteiger partial charge on any atom is -0.481 e. The zero-order chi connectivity index (χ0) is 15.5. The summed E-state index contributed by atoms with van der Waals surface area (Å²) in [5, 5.41) is 24.3. The Kier molecular flexibility index (Phi) is 8.36. The molecule has 0 amide bonds. The Hall–Kier alpha value is -2.41. The van der Waals surface area contributed by atoms with Gasteiger partial charge in [0.2, 0.25) is 0 Å². The maximum atomic E-state index is 10.4. The SMILES string of the molecule is NC(Cc1ccccc1)C(=O)O.O=C(O)CCC(=O)O. The van der Waals surface area contributed by atoms with Crippen LogP contribution in [0.5, 0.6) is 0 Å². The zero-order valence-corrected chi connectivity index (χ0v) is 10.7. The van der Waals surface area contributed by atoms with Crippen molar-refractivity contribution >= 4 is 17.9 Å². The second kappa shape index (κ2) is 9.51. The number of benzene rings is 1. The molecule has 0 radical (unpaired) electrons. The smallest absolute Gasteiger partial charge is 0.320 e. The Balaban J connectivity index is 0.000000396. The van der Waals surface area contributed by atoms with E-state index in [0.29, 0.717) is 6.42 Å². The van der Waals surface area contributed by atoms with Crippen LogP contribution in [0.2, 0.25) is 0 Å². The minimum absolute atomic E-state index is 0.296. The molecular formula is C13H17NO6. The Labute approximate surface area is 115 Å². The Bertz CT molecular complexity index is 431. The first-order valence-corrected chi connectivity index (χ1v) is 5.78. The third-order valence-electron chi connectivity index (χ3n) is 2.17. The van der Waals surface area contributed by atoms with Crippen molar-refractivity contribution in [3.05, 3.63) is 35.9 Å². The fourth-order valence-corrected chi connectivity index (χ4v) is 1.17. The molecule has 1 atom stereocenters. The summed E-state index contributed by atoms with van der Waals surface area (Å²) in [6.07, 6.45) is -0.208. The number of aliphatic carboxylic acids is 3. The molecular weight excluding hydrogens is 266 g/mol. The number of hydrogen-bond donors (Lipinski definition) is 4. The number of carbonyl (C=O) groups is 3. The monoisotopic (exact) mass is 283 g/mol. The van der Waals surface area contributed by atoms with Crippen LogP contribution in [0.15, 0.2) is 30.3 Å². The first kappa shape index (κ1) is 17.6. The Morgan fingerprint density at radius 2 is 1.40 bits per heavy atom. The quantitative estimate of drug-likeness (QED) is 0.598. The second-order valence-corrected chi connectivity index (χ2v) is 3.92. The average molecular weight is 283 g/mol. The third-order valence-corrected chi connectivity index (χ3v) is 2.17. The van der Waals surface area contributed by atoms with Crippen LogP contribution in [0.1, 0.15) is 18.4 Å². The lowest BCUT2D eigenvalue weighted by Crippen LogP contribution is -2.32. The molecule has 0 bridgehead atoms. The Morgan fingerprint density at radius 3 is 1.75 bits per heavy atom. The number of carboxylic acid groups (broad SMARTS) is 3. The van der Waals surface area contributed by atoms with Crippen molar-refractivity contribution in [2.75, 3.05) is 0 Å². The molecule has 20 heavy (non-hydrogen) atoms. The summed E-state index contributed by atoms with van der Waals surface area (Å²) in [7, 11) is 0. The van der Waals surface area contributed by atoms with Gasteiger partial charge in [-0.05, 0) is 12.0 Å². The Morgan fingerprint density at radius 1 is 0.950 bits per heavy atom. The molecule has 0 spiro atoms. The van der Waals surface area contributed by atoms with E-state index < -0.39 is 23.9 Å². The van der Waals surface area contributed by atoms with Crippen LogP contribution < -0.4 is 5.73 Å². The molecule has 0 aliphatic rings. The second-order valence-electron chi connectivity index (χ2n) is 3.92. The molecule has 1 aromatic rings. The summed E-state index contributed by atoms with van der Waals surface area (Å²) >= 11 is 0. The van der Waals surface area contributed by atoms with Crippen LogP contribution in [0, 0.1) is 0 Å². The van der Waals surface area contributed by atoms with Gasteiger partial charge in [-0.2, -0.15) is 0 Å². The van der Waals surface area contributed by atoms with Crippen molar-refractivity contribution in [2.24, 2.45) is 5.73 Å². The maximum Gasteiger partial charge on any atom is 0.320 e. The van der Waals surface area contributed by atoms with Crippen LogP contribution in [0.4, 0.5) is 0 Å². The van der Waals surface area contributed by atoms with E-state index >= 15 is 0 Å². The van der Waals surface area contributed by atoms with E-state index in [4.69, 9.17) is 21.1 Å². The highest BCUT2D eigenvalue weighted by atomic mass is 16.4. The van der Waals surface area contributed by atoms with E-state index in [2.05, 4.69) is 0 Å². The summed E-state index contributed by atoms with van der Waals surface area (Å²) in [5.74, 6) is -3.11. The van der Waals surface area contributed by atoms with Crippen LogP contribution in [-0.4, -0.2) is 39.3 Å². The van der Waals surface area contributed by atoms with Crippen molar-refractivity contribution in [2.45, 2.75) is 25.3 Å². The first-order valence-electron chi connectivity index (χ1n) is 5.78. The summed E-state index contributed by atoms with van der Waals surface area (Å²) in [6, 6.07) is 8.54. The van der Waals surface area contributed by atoms with Crippen LogP contribution in [0.25, 0.3) is 0 Å². The number of hydrogen-bond acceptors (Lipinski definition) is 4. The van der Waals surface area contributed by atoms with Crippen molar-refractivity contribution in [1.82, 2.24) is 0 Å². The molecule has 1 unspecified atom stereocenters. The molecule has 0 heterocycles. The van der Waals surface area contributed by atoms with Gasteiger partial charge in [0.05, 0.1) is 12.8 Å².